The second kappa shape index (κ2) is 7.68. The lowest BCUT2D eigenvalue weighted by molar-refractivity contribution is -0.131. The Morgan fingerprint density at radius 1 is 1.15 bits per heavy atom. The summed E-state index contributed by atoms with van der Waals surface area (Å²) < 4.78 is 10.8. The molecule has 0 radical (unpaired) electrons. The number of thioether (sulfide) groups is 1. The van der Waals surface area contributed by atoms with E-state index in [2.05, 4.69) is 10.2 Å². The number of halogens is 1. The predicted molar refractivity (Wildman–Crippen MR) is 96.6 cm³/mol. The molecule has 0 spiro atoms. The number of carboxylic acid groups (broad SMARTS) is 2. The number of aliphatic carboxylic acids is 1. The van der Waals surface area contributed by atoms with Crippen LogP contribution in [0.5, 0.6) is 0 Å². The highest BCUT2D eigenvalue weighted by Crippen LogP contribution is 2.30. The van der Waals surface area contributed by atoms with Crippen LogP contribution in [0.2, 0.25) is 5.02 Å². The molecule has 0 bridgehead atoms. The van der Waals surface area contributed by atoms with Crippen molar-refractivity contribution in [2.45, 2.75) is 12.1 Å². The Morgan fingerprint density at radius 2 is 1.93 bits per heavy atom. The molecule has 138 valence electrons. The smallest absolute Gasteiger partial charge is 0.342 e. The Morgan fingerprint density at radius 3 is 2.56 bits per heavy atom. The molecule has 2 heterocycles. The van der Waals surface area contributed by atoms with Crippen molar-refractivity contribution in [3.8, 4) is 11.3 Å². The summed E-state index contributed by atoms with van der Waals surface area (Å²) in [6, 6.07) is 7.60. The Hall–Kier alpha value is -3.04. The molecule has 3 aromatic rings. The molecule has 0 aliphatic carbocycles. The van der Waals surface area contributed by atoms with Gasteiger partial charge in [0.2, 0.25) is 5.89 Å². The Kier molecular flexibility index (Phi) is 5.33. The van der Waals surface area contributed by atoms with Gasteiger partial charge in [-0.15, -0.1) is 10.2 Å². The minimum atomic E-state index is -1.19. The first-order valence-electron chi connectivity index (χ1n) is 7.39. The van der Waals surface area contributed by atoms with Crippen LogP contribution in [0, 0.1) is 6.92 Å². The van der Waals surface area contributed by atoms with Gasteiger partial charge in [-0.3, -0.25) is 0 Å². The van der Waals surface area contributed by atoms with E-state index in [1.54, 1.807) is 25.1 Å². The summed E-state index contributed by atoms with van der Waals surface area (Å²) in [5.41, 5.74) is 0.435. The molecule has 0 fully saturated rings. The van der Waals surface area contributed by atoms with Crippen LogP contribution in [0.3, 0.4) is 0 Å². The minimum absolute atomic E-state index is 0.0591. The van der Waals surface area contributed by atoms with Gasteiger partial charge >= 0.3 is 11.9 Å². The van der Waals surface area contributed by atoms with Gasteiger partial charge in [0, 0.05) is 18.6 Å². The average Bonchev–Trinajstić information content (AvgIpc) is 3.23. The lowest BCUT2D eigenvalue weighted by Crippen LogP contribution is -1.97. The molecule has 2 N–H and O–H groups in total. The zero-order valence-electron chi connectivity index (χ0n) is 13.7. The molecular weight excluding hydrogens is 396 g/mol. The van der Waals surface area contributed by atoms with Gasteiger partial charge in [0.25, 0.3) is 5.22 Å². The molecule has 2 aromatic heterocycles. The number of nitrogens with zero attached hydrogens (tertiary/aromatic N) is 2. The van der Waals surface area contributed by atoms with Crippen molar-refractivity contribution in [3.63, 3.8) is 0 Å². The number of benzene rings is 1. The molecule has 0 atom stereocenters. The van der Waals surface area contributed by atoms with Crippen LogP contribution >= 0.6 is 23.4 Å². The zero-order valence-corrected chi connectivity index (χ0v) is 15.2. The van der Waals surface area contributed by atoms with Crippen LogP contribution in [0.4, 0.5) is 0 Å². The minimum Gasteiger partial charge on any atom is -0.478 e. The molecule has 0 unspecified atom stereocenters. The van der Waals surface area contributed by atoms with Gasteiger partial charge in [0.1, 0.15) is 16.4 Å². The van der Waals surface area contributed by atoms with Gasteiger partial charge in [0.05, 0.1) is 10.6 Å². The van der Waals surface area contributed by atoms with Crippen molar-refractivity contribution in [1.29, 1.82) is 0 Å². The highest BCUT2D eigenvalue weighted by atomic mass is 35.5. The fourth-order valence-corrected chi connectivity index (χ4v) is 3.00. The third kappa shape index (κ3) is 4.39. The highest BCUT2D eigenvalue weighted by Gasteiger charge is 2.16. The molecule has 0 saturated carbocycles. The molecule has 0 aliphatic heterocycles. The number of carboxylic acids is 2. The predicted octanol–water partition coefficient (Wildman–Crippen LogP) is 4.21. The van der Waals surface area contributed by atoms with Gasteiger partial charge in [-0.1, -0.05) is 11.6 Å². The number of hydrogen-bond acceptors (Lipinski definition) is 7. The van der Waals surface area contributed by atoms with Crippen LogP contribution in [0.1, 0.15) is 22.0 Å². The highest BCUT2D eigenvalue weighted by molar-refractivity contribution is 8.03. The Bertz CT molecular complexity index is 1060. The number of rotatable bonds is 6. The van der Waals surface area contributed by atoms with E-state index in [1.165, 1.54) is 18.2 Å². The van der Waals surface area contributed by atoms with Crippen molar-refractivity contribution in [2.75, 3.05) is 0 Å². The Balaban J connectivity index is 1.89. The van der Waals surface area contributed by atoms with Crippen LogP contribution in [-0.2, 0) is 4.79 Å². The van der Waals surface area contributed by atoms with Crippen LogP contribution in [-0.4, -0.2) is 32.3 Å². The van der Waals surface area contributed by atoms with E-state index >= 15 is 0 Å². The fraction of sp³-hybridized carbons (Fsp3) is 0.0588. The SMILES string of the molecule is Cc1nnc(S/C(=C/c2ccc(-c3ccc(Cl)c(C(=O)O)c3)o2)C(=O)O)o1. The lowest BCUT2D eigenvalue weighted by atomic mass is 10.1. The van der Waals surface area contributed by atoms with Gasteiger partial charge in [-0.05, 0) is 42.1 Å². The second-order valence-electron chi connectivity index (χ2n) is 5.20. The summed E-state index contributed by atoms with van der Waals surface area (Å²) in [6.45, 7) is 1.59. The molecule has 10 heteroatoms. The van der Waals surface area contributed by atoms with Gasteiger partial charge in [-0.2, -0.15) is 0 Å². The molecule has 0 saturated heterocycles. The van der Waals surface area contributed by atoms with Gasteiger partial charge in [-0.25, -0.2) is 9.59 Å². The molecule has 0 amide bonds. The maximum absolute atomic E-state index is 11.4. The number of aryl methyl sites for hydroxylation is 1. The standard InChI is InChI=1S/C17H11ClN2O6S/c1-8-19-20-17(25-8)27-14(16(23)24)7-10-3-5-13(26-10)9-2-4-12(18)11(6-9)15(21)22/h2-7H,1H3,(H,21,22)(H,23,24)/b14-7+. The maximum Gasteiger partial charge on any atom is 0.342 e. The first kappa shape index (κ1) is 18.7. The average molecular weight is 407 g/mol. The Labute approximate surface area is 161 Å². The summed E-state index contributed by atoms with van der Waals surface area (Å²) in [4.78, 5) is 22.6. The van der Waals surface area contributed by atoms with E-state index in [9.17, 15) is 14.7 Å². The lowest BCUT2D eigenvalue weighted by Gasteiger charge is -2.02. The number of hydrogen-bond donors (Lipinski definition) is 2. The summed E-state index contributed by atoms with van der Waals surface area (Å²) in [5.74, 6) is -1.40. The molecule has 3 rings (SSSR count). The summed E-state index contributed by atoms with van der Waals surface area (Å²) in [7, 11) is 0. The van der Waals surface area contributed by atoms with E-state index in [0.717, 1.165) is 11.8 Å². The van der Waals surface area contributed by atoms with Gasteiger partial charge in [0.15, 0.2) is 0 Å². The third-order valence-electron chi connectivity index (χ3n) is 3.30. The third-order valence-corrected chi connectivity index (χ3v) is 4.48. The number of aromatic carboxylic acids is 1. The van der Waals surface area contributed by atoms with Crippen LogP contribution < -0.4 is 0 Å². The van der Waals surface area contributed by atoms with Crippen molar-refractivity contribution in [1.82, 2.24) is 10.2 Å². The van der Waals surface area contributed by atoms with E-state index in [4.69, 9.17) is 25.5 Å². The fourth-order valence-electron chi connectivity index (χ4n) is 2.11. The number of carbonyl (C=O) groups is 2. The second-order valence-corrected chi connectivity index (χ2v) is 6.60. The van der Waals surface area contributed by atoms with E-state index in [0.29, 0.717) is 17.2 Å². The zero-order chi connectivity index (χ0) is 19.6. The van der Waals surface area contributed by atoms with Crippen molar-refractivity contribution in [2.24, 2.45) is 0 Å². The van der Waals surface area contributed by atoms with E-state index in [-0.39, 0.29) is 26.5 Å². The largest absolute Gasteiger partial charge is 0.478 e. The monoisotopic (exact) mass is 406 g/mol. The number of furan rings is 1. The first-order valence-corrected chi connectivity index (χ1v) is 8.59. The summed E-state index contributed by atoms with van der Waals surface area (Å²) in [6.07, 6.45) is 1.31. The van der Waals surface area contributed by atoms with Crippen molar-refractivity contribution >= 4 is 41.4 Å². The van der Waals surface area contributed by atoms with Crippen molar-refractivity contribution < 1.29 is 28.6 Å². The van der Waals surface area contributed by atoms with Crippen molar-refractivity contribution in [3.05, 3.63) is 57.5 Å². The molecule has 8 nitrogen and oxygen atoms in total. The van der Waals surface area contributed by atoms with E-state index < -0.39 is 11.9 Å². The molecule has 1 aromatic carbocycles. The summed E-state index contributed by atoms with van der Waals surface area (Å²) >= 11 is 6.65. The van der Waals surface area contributed by atoms with Crippen LogP contribution in [0.15, 0.2) is 49.3 Å². The van der Waals surface area contributed by atoms with Crippen LogP contribution in [0.25, 0.3) is 17.4 Å². The van der Waals surface area contributed by atoms with E-state index in [1.807, 2.05) is 0 Å². The van der Waals surface area contributed by atoms with Gasteiger partial charge < -0.3 is 19.0 Å². The summed E-state index contributed by atoms with van der Waals surface area (Å²) in [5, 5.41) is 26.1. The normalized spacial score (nSPS) is 11.6. The first-order chi connectivity index (χ1) is 12.8. The molecule has 0 aliphatic rings. The number of aromatic nitrogens is 2. The maximum atomic E-state index is 11.4. The molecule has 27 heavy (non-hydrogen) atoms. The topological polar surface area (TPSA) is 127 Å². The quantitative estimate of drug-likeness (QED) is 0.457. The molecular formula is C17H11ClN2O6S.